The van der Waals surface area contributed by atoms with Crippen LogP contribution in [0.4, 0.5) is 0 Å². The number of esters is 1. The van der Waals surface area contributed by atoms with Crippen LogP contribution in [-0.4, -0.2) is 46.9 Å². The van der Waals surface area contributed by atoms with Gasteiger partial charge in [-0.05, 0) is 36.4 Å². The Bertz CT molecular complexity index is 1340. The maximum Gasteiger partial charge on any atom is 0.351 e. The van der Waals surface area contributed by atoms with Crippen molar-refractivity contribution >= 4 is 51.7 Å². The molecule has 0 amide bonds. The van der Waals surface area contributed by atoms with E-state index < -0.39 is 12.3 Å². The summed E-state index contributed by atoms with van der Waals surface area (Å²) < 4.78 is 18.1. The Kier molecular flexibility index (Phi) is 8.92. The molecule has 2 aromatic heterocycles. The van der Waals surface area contributed by atoms with Crippen LogP contribution in [0.25, 0.3) is 16.0 Å². The van der Waals surface area contributed by atoms with Gasteiger partial charge in [-0.3, -0.25) is 4.57 Å². The summed E-state index contributed by atoms with van der Waals surface area (Å²) in [7, 11) is 2.85. The quantitative estimate of drug-likeness (QED) is 0.135. The lowest BCUT2D eigenvalue weighted by Crippen LogP contribution is -2.09. The SMILES string of the molecule is COC(=O)c1sc(-n2cnc3ccc(CSCCC(O)OC)cc32)cc1O[C@H](C)c1ccccc1Cl. The Morgan fingerprint density at radius 2 is 2.03 bits per heavy atom. The smallest absolute Gasteiger partial charge is 0.351 e. The summed E-state index contributed by atoms with van der Waals surface area (Å²) in [5.41, 5.74) is 3.73. The Morgan fingerprint density at radius 1 is 1.22 bits per heavy atom. The molecule has 0 radical (unpaired) electrons. The number of benzene rings is 2. The lowest BCUT2D eigenvalue weighted by molar-refractivity contribution is -0.0740. The molecule has 1 N–H and O–H groups in total. The maximum absolute atomic E-state index is 12.6. The molecular weight excluding hydrogens is 520 g/mol. The first-order valence-corrected chi connectivity index (χ1v) is 13.6. The van der Waals surface area contributed by atoms with Gasteiger partial charge in [-0.1, -0.05) is 35.9 Å². The molecular formula is C26H27ClN2O5S2. The second-order valence-corrected chi connectivity index (χ2v) is 10.6. The van der Waals surface area contributed by atoms with Crippen LogP contribution in [0.2, 0.25) is 5.02 Å². The molecule has 10 heteroatoms. The molecule has 1 unspecified atom stereocenters. The molecule has 190 valence electrons. The van der Waals surface area contributed by atoms with Gasteiger partial charge in [0.2, 0.25) is 0 Å². The Labute approximate surface area is 223 Å². The van der Waals surface area contributed by atoms with Gasteiger partial charge in [-0.2, -0.15) is 11.8 Å². The first-order valence-electron chi connectivity index (χ1n) is 11.3. The number of thiophene rings is 1. The van der Waals surface area contributed by atoms with Gasteiger partial charge in [0.1, 0.15) is 23.2 Å². The van der Waals surface area contributed by atoms with Crippen molar-refractivity contribution in [3.05, 3.63) is 75.9 Å². The molecule has 4 aromatic rings. The Balaban J connectivity index is 1.60. The first kappa shape index (κ1) is 26.5. The number of thioether (sulfide) groups is 1. The predicted octanol–water partition coefficient (Wildman–Crippen LogP) is 6.26. The van der Waals surface area contributed by atoms with Crippen molar-refractivity contribution in [2.45, 2.75) is 31.5 Å². The molecule has 2 heterocycles. The third-order valence-electron chi connectivity index (χ3n) is 5.60. The van der Waals surface area contributed by atoms with Crippen molar-refractivity contribution in [3.63, 3.8) is 0 Å². The van der Waals surface area contributed by atoms with E-state index in [2.05, 4.69) is 11.1 Å². The summed E-state index contributed by atoms with van der Waals surface area (Å²) >= 11 is 9.35. The van der Waals surface area contributed by atoms with Gasteiger partial charge >= 0.3 is 5.97 Å². The molecule has 4 rings (SSSR count). The number of fused-ring (bicyclic) bond motifs is 1. The van der Waals surface area contributed by atoms with Gasteiger partial charge in [-0.25, -0.2) is 9.78 Å². The van der Waals surface area contributed by atoms with E-state index in [9.17, 15) is 9.90 Å². The van der Waals surface area contributed by atoms with Crippen molar-refractivity contribution in [2.75, 3.05) is 20.0 Å². The summed E-state index contributed by atoms with van der Waals surface area (Å²) in [4.78, 5) is 17.5. The second-order valence-electron chi connectivity index (χ2n) is 8.02. The van der Waals surface area contributed by atoms with E-state index in [1.54, 1.807) is 18.1 Å². The highest BCUT2D eigenvalue weighted by molar-refractivity contribution is 7.98. The summed E-state index contributed by atoms with van der Waals surface area (Å²) in [6.45, 7) is 1.89. The van der Waals surface area contributed by atoms with Crippen LogP contribution in [0.15, 0.2) is 54.9 Å². The number of methoxy groups -OCH3 is 2. The average molecular weight is 547 g/mol. The third kappa shape index (κ3) is 6.04. The summed E-state index contributed by atoms with van der Waals surface area (Å²) in [5, 5.41) is 10.9. The lowest BCUT2D eigenvalue weighted by atomic mass is 10.1. The predicted molar refractivity (Wildman–Crippen MR) is 145 cm³/mol. The Morgan fingerprint density at radius 3 is 2.78 bits per heavy atom. The second kappa shape index (κ2) is 12.1. The molecule has 0 aliphatic heterocycles. The van der Waals surface area contributed by atoms with Crippen molar-refractivity contribution in [1.82, 2.24) is 9.55 Å². The number of nitrogens with zero attached hydrogens (tertiary/aromatic N) is 2. The number of aliphatic hydroxyl groups excluding tert-OH is 1. The molecule has 7 nitrogen and oxygen atoms in total. The highest BCUT2D eigenvalue weighted by Crippen LogP contribution is 2.37. The molecule has 0 fully saturated rings. The highest BCUT2D eigenvalue weighted by Gasteiger charge is 2.23. The lowest BCUT2D eigenvalue weighted by Gasteiger charge is -2.16. The van der Waals surface area contributed by atoms with E-state index >= 15 is 0 Å². The van der Waals surface area contributed by atoms with Gasteiger partial charge in [0.15, 0.2) is 11.2 Å². The molecule has 0 aliphatic rings. The van der Waals surface area contributed by atoms with E-state index in [1.165, 1.54) is 25.6 Å². The minimum atomic E-state index is -0.735. The first-order chi connectivity index (χ1) is 17.4. The van der Waals surface area contributed by atoms with Crippen molar-refractivity contribution in [1.29, 1.82) is 0 Å². The minimum Gasteiger partial charge on any atom is -0.484 e. The van der Waals surface area contributed by atoms with Crippen LogP contribution in [0.3, 0.4) is 0 Å². The van der Waals surface area contributed by atoms with Crippen LogP contribution in [0, 0.1) is 0 Å². The molecule has 0 saturated heterocycles. The summed E-state index contributed by atoms with van der Waals surface area (Å²) in [5.74, 6) is 1.54. The fourth-order valence-corrected chi connectivity index (χ4v) is 5.88. The molecule has 0 saturated carbocycles. The number of halogens is 1. The van der Waals surface area contributed by atoms with Crippen LogP contribution >= 0.6 is 34.7 Å². The van der Waals surface area contributed by atoms with Gasteiger partial charge < -0.3 is 19.3 Å². The van der Waals surface area contributed by atoms with E-state index in [0.29, 0.717) is 22.1 Å². The molecule has 2 aromatic carbocycles. The summed E-state index contributed by atoms with van der Waals surface area (Å²) in [6, 6.07) is 15.4. The largest absolute Gasteiger partial charge is 0.484 e. The van der Waals surface area contributed by atoms with Gasteiger partial charge in [-0.15, -0.1) is 11.3 Å². The Hall–Kier alpha value is -2.56. The van der Waals surface area contributed by atoms with Crippen molar-refractivity contribution < 1.29 is 24.1 Å². The number of hydrogen-bond donors (Lipinski definition) is 1. The normalized spacial score (nSPS) is 13.0. The van der Waals surface area contributed by atoms with Crippen LogP contribution < -0.4 is 4.74 Å². The monoisotopic (exact) mass is 546 g/mol. The zero-order chi connectivity index (χ0) is 25.7. The number of aromatic nitrogens is 2. The fraction of sp³-hybridized carbons (Fsp3) is 0.308. The molecule has 0 aliphatic carbocycles. The van der Waals surface area contributed by atoms with Gasteiger partial charge in [0.25, 0.3) is 0 Å². The maximum atomic E-state index is 12.6. The van der Waals surface area contributed by atoms with Gasteiger partial charge in [0, 0.05) is 35.9 Å². The number of carbonyl (C=O) groups is 1. The van der Waals surface area contributed by atoms with Crippen LogP contribution in [0.1, 0.15) is 40.2 Å². The topological polar surface area (TPSA) is 82.8 Å². The van der Waals surface area contributed by atoms with Gasteiger partial charge in [0.05, 0.1) is 18.1 Å². The van der Waals surface area contributed by atoms with E-state index in [0.717, 1.165) is 38.7 Å². The standard InChI is InChI=1S/C26H27ClN2O5S2/c1-16(18-6-4-5-7-19(18)27)34-22-13-23(36-25(22)26(31)33-3)29-15-28-20-9-8-17(12-21(20)29)14-35-11-10-24(30)32-2/h4-9,12-13,15-16,24,30H,10-11,14H2,1-3H3/t16-,24?/m1/s1. The molecule has 0 bridgehead atoms. The van der Waals surface area contributed by atoms with Crippen molar-refractivity contribution in [2.24, 2.45) is 0 Å². The van der Waals surface area contributed by atoms with E-state index in [-0.39, 0.29) is 6.10 Å². The zero-order valence-corrected chi connectivity index (χ0v) is 22.5. The van der Waals surface area contributed by atoms with Crippen molar-refractivity contribution in [3.8, 4) is 10.8 Å². The fourth-order valence-electron chi connectivity index (χ4n) is 3.67. The number of aliphatic hydroxyl groups is 1. The molecule has 36 heavy (non-hydrogen) atoms. The van der Waals surface area contributed by atoms with Crippen LogP contribution in [-0.2, 0) is 15.2 Å². The minimum absolute atomic E-state index is 0.371. The number of ether oxygens (including phenoxy) is 3. The zero-order valence-electron chi connectivity index (χ0n) is 20.1. The van der Waals surface area contributed by atoms with E-state index in [1.807, 2.05) is 54.0 Å². The van der Waals surface area contributed by atoms with E-state index in [4.69, 9.17) is 25.8 Å². The number of rotatable bonds is 11. The number of carbonyl (C=O) groups excluding carboxylic acids is 1. The number of hydrogen-bond acceptors (Lipinski definition) is 8. The molecule has 0 spiro atoms. The number of imidazole rings is 1. The van der Waals surface area contributed by atoms with Crippen LogP contribution in [0.5, 0.6) is 5.75 Å². The molecule has 2 atom stereocenters. The summed E-state index contributed by atoms with van der Waals surface area (Å²) in [6.07, 6.45) is 1.21. The average Bonchev–Trinajstić information content (AvgIpc) is 3.49. The third-order valence-corrected chi connectivity index (χ3v) is 8.10. The highest BCUT2D eigenvalue weighted by atomic mass is 35.5.